The van der Waals surface area contributed by atoms with Gasteiger partial charge >= 0.3 is 47.7 Å². The van der Waals surface area contributed by atoms with Crippen molar-refractivity contribution in [2.24, 2.45) is 10.1 Å². The van der Waals surface area contributed by atoms with Crippen LogP contribution in [0.15, 0.2) is 125 Å². The number of anilines is 6. The summed E-state index contributed by atoms with van der Waals surface area (Å²) >= 11 is 0. The van der Waals surface area contributed by atoms with E-state index in [9.17, 15) is 65.3 Å². The van der Waals surface area contributed by atoms with Gasteiger partial charge in [0, 0.05) is 91.3 Å². The third-order valence-electron chi connectivity index (χ3n) is 15.3. The van der Waals surface area contributed by atoms with Gasteiger partial charge in [-0.15, -0.1) is 0 Å². The van der Waals surface area contributed by atoms with E-state index in [4.69, 9.17) is 29.4 Å². The van der Waals surface area contributed by atoms with E-state index in [-0.39, 0.29) is 152 Å². The topological polar surface area (TPSA) is 462 Å². The number of primary amides is 1. The molecule has 4 bridgehead atoms. The molecule has 5 atom stereocenters. The molecule has 0 saturated carbocycles. The number of carbonyl (C=O) groups excluding carboxylic acids is 9. The van der Waals surface area contributed by atoms with E-state index in [0.29, 0.717) is 48.5 Å². The molecule has 570 valence electrons. The number of carbonyl (C=O) groups is 9. The zero-order chi connectivity index (χ0) is 76.9. The van der Waals surface area contributed by atoms with Crippen LogP contribution in [0.2, 0.25) is 0 Å². The van der Waals surface area contributed by atoms with E-state index in [2.05, 4.69) is 66.9 Å². The molecule has 5 aromatic carbocycles. The monoisotopic (exact) mass is 1540 g/mol. The summed E-state index contributed by atoms with van der Waals surface area (Å²) in [6.07, 6.45) is 2.24. The van der Waals surface area contributed by atoms with E-state index in [1.54, 1.807) is 18.2 Å². The molecule has 12 N–H and O–H groups in total. The van der Waals surface area contributed by atoms with Gasteiger partial charge in [-0.3, -0.25) is 28.7 Å². The second-order valence-electron chi connectivity index (χ2n) is 24.0. The standard InChI is InChI=1S/C69H85F2N15O18S2.Na/c1-6-22-73-67(94)80-49-12-10-14-53(37-49)106(98,99)84-50-13-9-11-45(34-50)56(39-61(89)90)82-69(96)79-48-18-16-47(17-19-48)78-68(95)74-23-27-101-29-31-102-30-28-100-26-21-60(88)76-42(2)65(93)86(4)43(3)63(91)81-57(38-59(72)87)64(92)85-105(5,97)41-44-32-51-36-52(33-44)103-24-7-8-25-104-58-35-46(70)15-20-54(58)62-55(71)40-75-66(77-51)83-62;/h9-20,32-37,40,42-43,56-57,84H,6-8,21-31,38-39,41H2,1-5H3,(H2,72,87)(H,76,88)(H,81,91)(H,89,90)(H2,73,80,94)(H2,74,78,95)(H,75,77,83)(H2,79,82,96);/q;+1/p-1/t42-,43-,56+,57-,105-;/m0./s1. The van der Waals surface area contributed by atoms with Gasteiger partial charge in [-0.25, -0.2) is 45.8 Å². The predicted molar refractivity (Wildman–Crippen MR) is 384 cm³/mol. The van der Waals surface area contributed by atoms with Crippen molar-refractivity contribution in [3.63, 3.8) is 0 Å². The number of fused-ring (bicyclic) bond motifs is 6. The minimum atomic E-state index is -4.20. The van der Waals surface area contributed by atoms with Crippen LogP contribution in [0.25, 0.3) is 11.3 Å². The van der Waals surface area contributed by atoms with Crippen molar-refractivity contribution in [1.29, 1.82) is 0 Å². The number of nitrogens with zero attached hydrogens (tertiary/aromatic N) is 4. The van der Waals surface area contributed by atoms with Crippen LogP contribution in [0, 0.1) is 11.6 Å². The number of nitrogens with one attached hydrogen (secondary N) is 10. The number of hydrogen-bond acceptors (Lipinski definition) is 21. The maximum atomic E-state index is 15.2. The van der Waals surface area contributed by atoms with Crippen LogP contribution in [-0.4, -0.2) is 178 Å². The number of nitrogens with two attached hydrogens (primary N) is 1. The number of aliphatic carboxylic acids is 1. The maximum absolute atomic E-state index is 15.2. The Labute approximate surface area is 638 Å². The molecule has 0 unspecified atom stereocenters. The summed E-state index contributed by atoms with van der Waals surface area (Å²) in [5.41, 5.74) is 7.31. The number of ether oxygens (including phenoxy) is 5. The number of sulfonamides is 1. The summed E-state index contributed by atoms with van der Waals surface area (Å²) in [5, 5.41) is 35.3. The smallest absolute Gasteiger partial charge is 0.550 e. The number of hydrogen-bond donors (Lipinski definition) is 11. The number of rotatable bonds is 34. The first-order valence-electron chi connectivity index (χ1n) is 33.3. The Morgan fingerprint density at radius 2 is 1.36 bits per heavy atom. The molecule has 1 aliphatic heterocycles. The molecule has 0 spiro atoms. The van der Waals surface area contributed by atoms with Crippen LogP contribution < -0.4 is 102 Å². The van der Waals surface area contributed by atoms with Crippen molar-refractivity contribution >= 4 is 108 Å². The van der Waals surface area contributed by atoms with Gasteiger partial charge in [-0.1, -0.05) is 25.1 Å². The number of amides is 11. The van der Waals surface area contributed by atoms with E-state index < -0.39 is 122 Å². The van der Waals surface area contributed by atoms with Gasteiger partial charge in [-0.05, 0) is 123 Å². The fourth-order valence-corrected chi connectivity index (χ4v) is 12.5. The molecular weight excluding hydrogens is 1450 g/mol. The normalized spacial score (nSPS) is 13.5. The Bertz CT molecular complexity index is 4370. The van der Waals surface area contributed by atoms with E-state index >= 15 is 4.39 Å². The molecule has 0 saturated heterocycles. The van der Waals surface area contributed by atoms with Gasteiger partial charge in [0.2, 0.25) is 29.6 Å². The number of urea groups is 3. The van der Waals surface area contributed by atoms with Gasteiger partial charge in [0.25, 0.3) is 15.9 Å². The average molecular weight is 1540 g/mol. The molecule has 7 rings (SSSR count). The molecule has 2 heterocycles. The molecule has 38 heteroatoms. The summed E-state index contributed by atoms with van der Waals surface area (Å²) < 4.78 is 105. The number of likely N-dealkylation sites (N-methyl/N-ethyl adjacent to an activating group) is 1. The summed E-state index contributed by atoms with van der Waals surface area (Å²) in [6, 6.07) is 18.5. The summed E-state index contributed by atoms with van der Waals surface area (Å²) in [5.74, 6) is -7.21. The van der Waals surface area contributed by atoms with E-state index in [0.717, 1.165) is 23.2 Å². The molecule has 6 aromatic rings. The SMILES string of the molecule is CCCNC(=O)Nc1cccc(S(=O)(=O)Nc2cccc([C@@H](CC(=O)[O-])NC(=O)Nc3ccc(NC(=O)NCCOCCOCCOCCC(=O)N[C@@H](C)C(=O)N(C)[C@@H](C)C(=O)N[C@@H](CC(N)=O)C(=O)N=[S@@](C)(=O)Cc4cc5cc(c4)OCCCCOc4cc(F)ccc4-c4nc(ncc4F)N5)cc3)c2)c1.[Na+]. The molecule has 33 nitrogen and oxygen atoms in total. The molecule has 1 aliphatic rings. The fourth-order valence-electron chi connectivity index (χ4n) is 10.1. The number of carboxylic acid groups (broad SMARTS) is 1. The van der Waals surface area contributed by atoms with E-state index in [1.807, 2.05) is 6.92 Å². The Morgan fingerprint density at radius 1 is 0.720 bits per heavy atom. The van der Waals surface area contributed by atoms with Crippen molar-refractivity contribution < 1.29 is 123 Å². The number of carboxylic acids is 1. The van der Waals surface area contributed by atoms with Crippen LogP contribution in [0.3, 0.4) is 0 Å². The largest absolute Gasteiger partial charge is 1.00 e. The van der Waals surface area contributed by atoms with Crippen molar-refractivity contribution in [1.82, 2.24) is 41.5 Å². The number of halogens is 2. The van der Waals surface area contributed by atoms with Gasteiger partial charge in [-0.2, -0.15) is 4.36 Å². The zero-order valence-electron chi connectivity index (χ0n) is 59.6. The molecule has 0 radical (unpaired) electrons. The third-order valence-corrected chi connectivity index (χ3v) is 18.1. The van der Waals surface area contributed by atoms with Crippen LogP contribution in [0.5, 0.6) is 11.5 Å². The van der Waals surface area contributed by atoms with Gasteiger partial charge in [0.15, 0.2) is 5.82 Å². The molecule has 0 fully saturated rings. The first-order valence-corrected chi connectivity index (χ1v) is 36.9. The van der Waals surface area contributed by atoms with Crippen molar-refractivity contribution in [2.75, 3.05) is 105 Å². The molecule has 11 amide bonds. The second-order valence-corrected chi connectivity index (χ2v) is 28.1. The summed E-state index contributed by atoms with van der Waals surface area (Å²) in [4.78, 5) is 124. The second kappa shape index (κ2) is 42.3. The van der Waals surface area contributed by atoms with E-state index in [1.165, 1.54) is 106 Å². The van der Waals surface area contributed by atoms with Gasteiger partial charge < -0.3 is 92.1 Å². The summed E-state index contributed by atoms with van der Waals surface area (Å²) in [7, 11) is -6.41. The number of aromatic nitrogens is 2. The third kappa shape index (κ3) is 28.9. The first kappa shape index (κ1) is 85.8. The van der Waals surface area contributed by atoms with Crippen LogP contribution in [0.1, 0.15) is 76.5 Å². The van der Waals surface area contributed by atoms with Crippen LogP contribution in [0.4, 0.5) is 57.5 Å². The minimum absolute atomic E-state index is 0. The zero-order valence-corrected chi connectivity index (χ0v) is 63.2. The minimum Gasteiger partial charge on any atom is -0.550 e. The van der Waals surface area contributed by atoms with Gasteiger partial charge in [0.1, 0.15) is 41.1 Å². The molecule has 1 aromatic heterocycles. The predicted octanol–water partition coefficient (Wildman–Crippen LogP) is 2.15. The Kier molecular flexibility index (Phi) is 33.9. The molecule has 107 heavy (non-hydrogen) atoms. The summed E-state index contributed by atoms with van der Waals surface area (Å²) in [6.45, 7) is 6.23. The molecular formula is C69H84F2N15NaO18S2. The van der Waals surface area contributed by atoms with Crippen LogP contribution in [-0.2, 0) is 68.5 Å². The van der Waals surface area contributed by atoms with Crippen LogP contribution >= 0.6 is 0 Å². The Hall–Kier alpha value is -10.2. The number of benzene rings is 5. The maximum Gasteiger partial charge on any atom is 1.00 e. The fraction of sp³-hybridized carbons (Fsp3) is 0.377. The first-order chi connectivity index (χ1) is 50.5. The quantitative estimate of drug-likeness (QED) is 0.0204. The average Bonchev–Trinajstić information content (AvgIpc) is 1.01. The van der Waals surface area contributed by atoms with Crippen molar-refractivity contribution in [3.8, 4) is 22.8 Å². The van der Waals surface area contributed by atoms with Crippen molar-refractivity contribution in [3.05, 3.63) is 138 Å². The Morgan fingerprint density at radius 3 is 2.04 bits per heavy atom. The Balaban J connectivity index is 0.0000179. The van der Waals surface area contributed by atoms with Gasteiger partial charge in [0.05, 0.1) is 91.9 Å². The van der Waals surface area contributed by atoms with Crippen molar-refractivity contribution in [2.45, 2.75) is 94.1 Å². The molecule has 0 aliphatic carbocycles.